The van der Waals surface area contributed by atoms with Crippen LogP contribution in [-0.4, -0.2) is 28.9 Å². The molecular formula is C13H19NO4. The maximum atomic E-state index is 11.9. The van der Waals surface area contributed by atoms with Gasteiger partial charge in [0.15, 0.2) is 0 Å². The number of carboxylic acid groups (broad SMARTS) is 1. The molecule has 0 fully saturated rings. The fourth-order valence-corrected chi connectivity index (χ4v) is 1.62. The van der Waals surface area contributed by atoms with Gasteiger partial charge in [-0.1, -0.05) is 13.3 Å². The van der Waals surface area contributed by atoms with E-state index in [1.807, 2.05) is 0 Å². The number of aryl methyl sites for hydroxylation is 1. The normalized spacial score (nSPS) is 10.6. The molecule has 0 bridgehead atoms. The summed E-state index contributed by atoms with van der Waals surface area (Å²) in [6, 6.07) is 2.98. The summed E-state index contributed by atoms with van der Waals surface area (Å²) in [5.74, 6) is -1.19. The predicted molar refractivity (Wildman–Crippen MR) is 68.1 cm³/mol. The first-order chi connectivity index (χ1) is 8.57. The lowest BCUT2D eigenvalue weighted by Crippen LogP contribution is -2.29. The molecule has 0 radical (unpaired) electrons. The van der Waals surface area contributed by atoms with Crippen LogP contribution in [0.25, 0.3) is 0 Å². The third-order valence-electron chi connectivity index (χ3n) is 2.72. The van der Waals surface area contributed by atoms with Gasteiger partial charge in [0.25, 0.3) is 5.56 Å². The van der Waals surface area contributed by atoms with Gasteiger partial charge in [0.2, 0.25) is 0 Å². The number of carbonyl (C=O) groups is 1. The molecule has 0 atom stereocenters. The summed E-state index contributed by atoms with van der Waals surface area (Å²) in [7, 11) is 0. The number of rotatable bonds is 7. The minimum Gasteiger partial charge on any atom is -0.477 e. The van der Waals surface area contributed by atoms with E-state index in [9.17, 15) is 9.59 Å². The molecule has 0 saturated carbocycles. The number of nitrogens with zero attached hydrogens (tertiary/aromatic N) is 1. The van der Waals surface area contributed by atoms with Gasteiger partial charge in [0.1, 0.15) is 5.56 Å². The van der Waals surface area contributed by atoms with Crippen LogP contribution in [0.15, 0.2) is 16.9 Å². The molecule has 0 aliphatic rings. The van der Waals surface area contributed by atoms with Crippen LogP contribution in [0.5, 0.6) is 0 Å². The van der Waals surface area contributed by atoms with E-state index in [1.54, 1.807) is 13.0 Å². The number of unbranched alkanes of at least 4 members (excludes halogenated alkanes) is 1. The van der Waals surface area contributed by atoms with Crippen molar-refractivity contribution in [3.63, 3.8) is 0 Å². The van der Waals surface area contributed by atoms with Gasteiger partial charge in [-0.3, -0.25) is 4.79 Å². The Morgan fingerprint density at radius 1 is 1.39 bits per heavy atom. The summed E-state index contributed by atoms with van der Waals surface area (Å²) >= 11 is 0. The Morgan fingerprint density at radius 2 is 2.11 bits per heavy atom. The molecule has 100 valence electrons. The van der Waals surface area contributed by atoms with Crippen molar-refractivity contribution < 1.29 is 14.6 Å². The molecule has 0 aliphatic heterocycles. The molecule has 1 N–H and O–H groups in total. The van der Waals surface area contributed by atoms with E-state index in [1.165, 1.54) is 10.6 Å². The average Bonchev–Trinajstić information content (AvgIpc) is 2.32. The van der Waals surface area contributed by atoms with Crippen LogP contribution < -0.4 is 5.56 Å². The first-order valence-corrected chi connectivity index (χ1v) is 6.09. The van der Waals surface area contributed by atoms with Gasteiger partial charge in [0.05, 0.1) is 6.61 Å². The number of aromatic nitrogens is 1. The lowest BCUT2D eigenvalue weighted by molar-refractivity contribution is 0.0693. The molecule has 0 aromatic carbocycles. The molecule has 5 heteroatoms. The smallest absolute Gasteiger partial charge is 0.341 e. The minimum atomic E-state index is -1.19. The number of aromatic carboxylic acids is 1. The maximum absolute atomic E-state index is 11.9. The summed E-state index contributed by atoms with van der Waals surface area (Å²) in [6.45, 7) is 5.33. The fourth-order valence-electron chi connectivity index (χ4n) is 1.62. The SMILES string of the molecule is CCCCOCCn1c(C)ccc(C(=O)O)c1=O. The molecule has 1 aromatic rings. The summed E-state index contributed by atoms with van der Waals surface area (Å²) in [5.41, 5.74) is 0.0693. The summed E-state index contributed by atoms with van der Waals surface area (Å²) < 4.78 is 6.82. The van der Waals surface area contributed by atoms with E-state index in [-0.39, 0.29) is 5.56 Å². The zero-order valence-electron chi connectivity index (χ0n) is 10.8. The lowest BCUT2D eigenvalue weighted by atomic mass is 10.2. The second-order valence-corrected chi connectivity index (χ2v) is 4.12. The second-order valence-electron chi connectivity index (χ2n) is 4.12. The van der Waals surface area contributed by atoms with Gasteiger partial charge >= 0.3 is 5.97 Å². The van der Waals surface area contributed by atoms with Gasteiger partial charge < -0.3 is 14.4 Å². The van der Waals surface area contributed by atoms with E-state index in [4.69, 9.17) is 9.84 Å². The van der Waals surface area contributed by atoms with Crippen LogP contribution in [0.3, 0.4) is 0 Å². The van der Waals surface area contributed by atoms with Crippen LogP contribution in [0.1, 0.15) is 35.8 Å². The number of carboxylic acids is 1. The van der Waals surface area contributed by atoms with Crippen LogP contribution in [0.2, 0.25) is 0 Å². The van der Waals surface area contributed by atoms with E-state index in [0.717, 1.165) is 18.5 Å². The Labute approximate surface area is 106 Å². The first kappa shape index (κ1) is 14.4. The molecule has 5 nitrogen and oxygen atoms in total. The highest BCUT2D eigenvalue weighted by Gasteiger charge is 2.11. The Balaban J connectivity index is 2.73. The van der Waals surface area contributed by atoms with Gasteiger partial charge in [-0.15, -0.1) is 0 Å². The molecule has 0 amide bonds. The average molecular weight is 253 g/mol. The molecule has 18 heavy (non-hydrogen) atoms. The third-order valence-corrected chi connectivity index (χ3v) is 2.72. The van der Waals surface area contributed by atoms with Gasteiger partial charge in [-0.05, 0) is 25.5 Å². The predicted octanol–water partition coefficient (Wildman–Crippen LogP) is 1.67. The summed E-state index contributed by atoms with van der Waals surface area (Å²) in [5, 5.41) is 8.88. The topological polar surface area (TPSA) is 68.5 Å². The van der Waals surface area contributed by atoms with Crippen LogP contribution in [0, 0.1) is 6.92 Å². The van der Waals surface area contributed by atoms with Gasteiger partial charge in [-0.25, -0.2) is 4.79 Å². The van der Waals surface area contributed by atoms with E-state index < -0.39 is 11.5 Å². The number of hydrogen-bond acceptors (Lipinski definition) is 3. The number of hydrogen-bond donors (Lipinski definition) is 1. The standard InChI is InChI=1S/C13H19NO4/c1-3-4-8-18-9-7-14-10(2)5-6-11(12(14)15)13(16)17/h5-6H,3-4,7-9H2,1-2H3,(H,16,17). The Hall–Kier alpha value is -1.62. The molecule has 0 unspecified atom stereocenters. The highest BCUT2D eigenvalue weighted by Crippen LogP contribution is 1.99. The molecule has 1 aromatic heterocycles. The Kier molecular flexibility index (Phi) is 5.58. The quantitative estimate of drug-likeness (QED) is 0.750. The maximum Gasteiger partial charge on any atom is 0.341 e. The molecule has 0 aliphatic carbocycles. The zero-order chi connectivity index (χ0) is 13.5. The van der Waals surface area contributed by atoms with E-state index >= 15 is 0 Å². The van der Waals surface area contributed by atoms with E-state index in [0.29, 0.717) is 19.8 Å². The monoisotopic (exact) mass is 253 g/mol. The van der Waals surface area contributed by atoms with Crippen molar-refractivity contribution in [2.24, 2.45) is 0 Å². The first-order valence-electron chi connectivity index (χ1n) is 6.09. The molecule has 0 saturated heterocycles. The Morgan fingerprint density at radius 3 is 2.72 bits per heavy atom. The van der Waals surface area contributed by atoms with Crippen molar-refractivity contribution in [2.75, 3.05) is 13.2 Å². The molecule has 1 rings (SSSR count). The van der Waals surface area contributed by atoms with Crippen molar-refractivity contribution in [3.8, 4) is 0 Å². The third kappa shape index (κ3) is 3.70. The van der Waals surface area contributed by atoms with Crippen LogP contribution in [0.4, 0.5) is 0 Å². The second kappa shape index (κ2) is 6.96. The Bertz CT molecular complexity index is 465. The van der Waals surface area contributed by atoms with Crippen molar-refractivity contribution in [2.45, 2.75) is 33.2 Å². The number of pyridine rings is 1. The lowest BCUT2D eigenvalue weighted by Gasteiger charge is -2.10. The molecule has 1 heterocycles. The van der Waals surface area contributed by atoms with Crippen molar-refractivity contribution >= 4 is 5.97 Å². The summed E-state index contributed by atoms with van der Waals surface area (Å²) in [4.78, 5) is 22.7. The minimum absolute atomic E-state index is 0.200. The van der Waals surface area contributed by atoms with Crippen molar-refractivity contribution in [1.82, 2.24) is 4.57 Å². The highest BCUT2D eigenvalue weighted by atomic mass is 16.5. The van der Waals surface area contributed by atoms with Crippen LogP contribution in [-0.2, 0) is 11.3 Å². The zero-order valence-corrected chi connectivity index (χ0v) is 10.8. The fraction of sp³-hybridized carbons (Fsp3) is 0.538. The number of ether oxygens (including phenoxy) is 1. The van der Waals surface area contributed by atoms with Gasteiger partial charge in [0, 0.05) is 18.8 Å². The highest BCUT2D eigenvalue weighted by molar-refractivity contribution is 5.87. The van der Waals surface area contributed by atoms with Crippen molar-refractivity contribution in [1.29, 1.82) is 0 Å². The van der Waals surface area contributed by atoms with Gasteiger partial charge in [-0.2, -0.15) is 0 Å². The molecule has 0 spiro atoms. The molecular weight excluding hydrogens is 234 g/mol. The van der Waals surface area contributed by atoms with Crippen LogP contribution >= 0.6 is 0 Å². The van der Waals surface area contributed by atoms with E-state index in [2.05, 4.69) is 6.92 Å². The largest absolute Gasteiger partial charge is 0.477 e. The summed E-state index contributed by atoms with van der Waals surface area (Å²) in [6.07, 6.45) is 2.05. The van der Waals surface area contributed by atoms with Crippen molar-refractivity contribution in [3.05, 3.63) is 33.7 Å².